The highest BCUT2D eigenvalue weighted by Crippen LogP contribution is 2.37. The van der Waals surface area contributed by atoms with Crippen molar-refractivity contribution >= 4 is 5.91 Å². The number of hydrogen-bond donors (Lipinski definition) is 1. The minimum absolute atomic E-state index is 0.122. The van der Waals surface area contributed by atoms with Crippen LogP contribution in [0.15, 0.2) is 0 Å². The van der Waals surface area contributed by atoms with Crippen LogP contribution in [0.2, 0.25) is 0 Å². The summed E-state index contributed by atoms with van der Waals surface area (Å²) in [6.45, 7) is 1.02. The first-order valence-corrected chi connectivity index (χ1v) is 7.32. The van der Waals surface area contributed by atoms with Crippen LogP contribution < -0.4 is 5.73 Å². The molecule has 0 heterocycles. The van der Waals surface area contributed by atoms with E-state index in [4.69, 9.17) is 5.73 Å². The number of nitrogens with two attached hydrogens (primary N) is 1. The van der Waals surface area contributed by atoms with Gasteiger partial charge in [-0.15, -0.1) is 0 Å². The number of carbonyl (C=O) groups excluding carboxylic acids is 1. The molecule has 1 amide bonds. The molecular weight excluding hydrogens is 212 g/mol. The first kappa shape index (κ1) is 11.5. The van der Waals surface area contributed by atoms with E-state index in [1.54, 1.807) is 0 Å². The molecule has 3 heteroatoms. The Morgan fingerprint density at radius 3 is 2.35 bits per heavy atom. The van der Waals surface area contributed by atoms with Crippen molar-refractivity contribution in [3.05, 3.63) is 0 Å². The largest absolute Gasteiger partial charge is 0.339 e. The molecule has 96 valence electrons. The van der Waals surface area contributed by atoms with E-state index in [9.17, 15) is 4.79 Å². The predicted molar refractivity (Wildman–Crippen MR) is 67.4 cm³/mol. The van der Waals surface area contributed by atoms with Crippen molar-refractivity contribution < 1.29 is 4.79 Å². The maximum absolute atomic E-state index is 12.6. The summed E-state index contributed by atoms with van der Waals surface area (Å²) in [5, 5.41) is 0. The number of nitrogens with zero attached hydrogens (tertiary/aromatic N) is 1. The van der Waals surface area contributed by atoms with Gasteiger partial charge in [0.05, 0.1) is 5.92 Å². The quantitative estimate of drug-likeness (QED) is 0.810. The Morgan fingerprint density at radius 1 is 1.06 bits per heavy atom. The molecule has 3 saturated carbocycles. The molecule has 3 fully saturated rings. The summed E-state index contributed by atoms with van der Waals surface area (Å²) in [4.78, 5) is 14.8. The molecule has 3 nitrogen and oxygen atoms in total. The summed E-state index contributed by atoms with van der Waals surface area (Å²) in [5.41, 5.74) is 6.14. The van der Waals surface area contributed by atoms with Crippen LogP contribution in [-0.4, -0.2) is 29.4 Å². The Kier molecular flexibility index (Phi) is 3.12. The summed E-state index contributed by atoms with van der Waals surface area (Å²) in [6.07, 6.45) is 9.55. The minimum Gasteiger partial charge on any atom is -0.339 e. The van der Waals surface area contributed by atoms with Crippen molar-refractivity contribution in [1.29, 1.82) is 0 Å². The second-order valence-corrected chi connectivity index (χ2v) is 6.22. The Hall–Kier alpha value is -0.570. The molecule has 0 spiro atoms. The molecule has 0 radical (unpaired) electrons. The van der Waals surface area contributed by atoms with Crippen LogP contribution >= 0.6 is 0 Å². The summed E-state index contributed by atoms with van der Waals surface area (Å²) < 4.78 is 0. The third-order valence-corrected chi connectivity index (χ3v) is 4.56. The van der Waals surface area contributed by atoms with E-state index < -0.39 is 0 Å². The molecular formula is C14H24N2O. The van der Waals surface area contributed by atoms with Gasteiger partial charge in [0.1, 0.15) is 0 Å². The van der Waals surface area contributed by atoms with E-state index in [0.29, 0.717) is 11.9 Å². The van der Waals surface area contributed by atoms with E-state index in [2.05, 4.69) is 4.90 Å². The molecule has 0 aromatic heterocycles. The number of hydrogen-bond acceptors (Lipinski definition) is 2. The zero-order valence-corrected chi connectivity index (χ0v) is 10.6. The lowest BCUT2D eigenvalue weighted by molar-refractivity contribution is -0.138. The van der Waals surface area contributed by atoms with Crippen LogP contribution in [-0.2, 0) is 4.79 Å². The fraction of sp³-hybridized carbons (Fsp3) is 0.929. The normalized spacial score (nSPS) is 33.5. The highest BCUT2D eigenvalue weighted by atomic mass is 16.2. The van der Waals surface area contributed by atoms with Crippen molar-refractivity contribution in [3.63, 3.8) is 0 Å². The lowest BCUT2D eigenvalue weighted by Crippen LogP contribution is -2.47. The highest BCUT2D eigenvalue weighted by molar-refractivity contribution is 5.80. The average Bonchev–Trinajstić information content (AvgIpc) is 3.17. The van der Waals surface area contributed by atoms with Gasteiger partial charge in [-0.25, -0.2) is 0 Å². The molecule has 2 atom stereocenters. The first-order chi connectivity index (χ1) is 8.25. The highest BCUT2D eigenvalue weighted by Gasteiger charge is 2.40. The van der Waals surface area contributed by atoms with Gasteiger partial charge in [0.15, 0.2) is 0 Å². The molecule has 0 aliphatic heterocycles. The molecule has 0 saturated heterocycles. The number of amides is 1. The predicted octanol–water partition coefficient (Wildman–Crippen LogP) is 1.90. The van der Waals surface area contributed by atoms with E-state index in [-0.39, 0.29) is 12.0 Å². The lowest BCUT2D eigenvalue weighted by atomic mass is 9.84. The fourth-order valence-electron chi connectivity index (χ4n) is 3.06. The van der Waals surface area contributed by atoms with Crippen molar-refractivity contribution in [2.24, 2.45) is 17.6 Å². The van der Waals surface area contributed by atoms with Gasteiger partial charge in [0.25, 0.3) is 0 Å². The van der Waals surface area contributed by atoms with Gasteiger partial charge in [-0.3, -0.25) is 4.79 Å². The summed E-state index contributed by atoms with van der Waals surface area (Å²) >= 11 is 0. The van der Waals surface area contributed by atoms with E-state index in [1.807, 2.05) is 0 Å². The first-order valence-electron chi connectivity index (χ1n) is 7.32. The zero-order valence-electron chi connectivity index (χ0n) is 10.6. The van der Waals surface area contributed by atoms with Gasteiger partial charge in [0, 0.05) is 18.6 Å². The minimum atomic E-state index is 0.122. The Bertz CT molecular complexity index is 297. The maximum atomic E-state index is 12.6. The smallest absolute Gasteiger partial charge is 0.227 e. The Morgan fingerprint density at radius 2 is 1.76 bits per heavy atom. The second-order valence-electron chi connectivity index (χ2n) is 6.22. The summed E-state index contributed by atoms with van der Waals surface area (Å²) in [7, 11) is 0. The van der Waals surface area contributed by atoms with Crippen LogP contribution in [0, 0.1) is 11.8 Å². The Balaban J connectivity index is 1.64. The third-order valence-electron chi connectivity index (χ3n) is 4.56. The monoisotopic (exact) mass is 236 g/mol. The molecule has 3 aliphatic rings. The van der Waals surface area contributed by atoms with Crippen LogP contribution in [0.4, 0.5) is 0 Å². The lowest BCUT2D eigenvalue weighted by Gasteiger charge is -2.33. The molecule has 3 aliphatic carbocycles. The molecule has 0 aromatic rings. The van der Waals surface area contributed by atoms with Gasteiger partial charge < -0.3 is 10.6 Å². The van der Waals surface area contributed by atoms with Crippen LogP contribution in [0.25, 0.3) is 0 Å². The van der Waals surface area contributed by atoms with Gasteiger partial charge in [-0.1, -0.05) is 12.8 Å². The topological polar surface area (TPSA) is 46.3 Å². The van der Waals surface area contributed by atoms with Gasteiger partial charge in [-0.2, -0.15) is 0 Å². The standard InChI is InChI=1S/C14H24N2O/c15-13-4-2-1-3-12(13)14(17)16(11-7-8-11)9-10-5-6-10/h10-13H,1-9,15H2. The maximum Gasteiger partial charge on any atom is 0.227 e. The van der Waals surface area contributed by atoms with Crippen molar-refractivity contribution in [2.45, 2.75) is 63.5 Å². The fourth-order valence-corrected chi connectivity index (χ4v) is 3.06. The summed E-state index contributed by atoms with van der Waals surface area (Å²) in [6, 6.07) is 0.689. The third kappa shape index (κ3) is 2.65. The van der Waals surface area contributed by atoms with Crippen LogP contribution in [0.3, 0.4) is 0 Å². The number of rotatable bonds is 4. The van der Waals surface area contributed by atoms with Crippen molar-refractivity contribution in [2.75, 3.05) is 6.54 Å². The average molecular weight is 236 g/mol. The van der Waals surface area contributed by atoms with Gasteiger partial charge in [-0.05, 0) is 44.4 Å². The SMILES string of the molecule is NC1CCCCC1C(=O)N(CC1CC1)C1CC1. The van der Waals surface area contributed by atoms with Crippen molar-refractivity contribution in [3.8, 4) is 0 Å². The molecule has 3 rings (SSSR count). The van der Waals surface area contributed by atoms with Crippen LogP contribution in [0.5, 0.6) is 0 Å². The van der Waals surface area contributed by atoms with Gasteiger partial charge in [0.2, 0.25) is 5.91 Å². The zero-order chi connectivity index (χ0) is 11.8. The van der Waals surface area contributed by atoms with E-state index in [1.165, 1.54) is 38.5 Å². The van der Waals surface area contributed by atoms with E-state index >= 15 is 0 Å². The Labute approximate surface area is 104 Å². The summed E-state index contributed by atoms with van der Waals surface area (Å²) in [5.74, 6) is 1.31. The van der Waals surface area contributed by atoms with Crippen LogP contribution in [0.1, 0.15) is 51.4 Å². The molecule has 2 N–H and O–H groups in total. The van der Waals surface area contributed by atoms with Gasteiger partial charge >= 0.3 is 0 Å². The molecule has 0 aromatic carbocycles. The molecule has 2 unspecified atom stereocenters. The van der Waals surface area contributed by atoms with Crippen molar-refractivity contribution in [1.82, 2.24) is 4.90 Å². The second kappa shape index (κ2) is 4.60. The molecule has 17 heavy (non-hydrogen) atoms. The number of carbonyl (C=O) groups is 1. The van der Waals surface area contributed by atoms with E-state index in [0.717, 1.165) is 25.3 Å². The molecule has 0 bridgehead atoms.